The smallest absolute Gasteiger partial charge is 0.239 e. The van der Waals surface area contributed by atoms with Gasteiger partial charge in [-0.05, 0) is 18.6 Å². The molecule has 0 aliphatic heterocycles. The largest absolute Gasteiger partial charge is 0.368 e. The Morgan fingerprint density at radius 3 is 3.00 bits per heavy atom. The first-order valence-electron chi connectivity index (χ1n) is 4.31. The molecule has 1 atom stereocenters. The van der Waals surface area contributed by atoms with E-state index in [-0.39, 0.29) is 5.82 Å². The van der Waals surface area contributed by atoms with Crippen molar-refractivity contribution < 1.29 is 9.18 Å². The van der Waals surface area contributed by atoms with Crippen molar-refractivity contribution in [2.75, 3.05) is 5.32 Å². The van der Waals surface area contributed by atoms with Crippen LogP contribution >= 0.6 is 0 Å². The van der Waals surface area contributed by atoms with E-state index in [1.807, 2.05) is 0 Å². The number of hydrogen-bond acceptors (Lipinski definition) is 3. The summed E-state index contributed by atoms with van der Waals surface area (Å²) in [5, 5.41) is 2.64. The molecule has 1 aromatic heterocycles. The molecule has 4 nitrogen and oxygen atoms in total. The van der Waals surface area contributed by atoms with E-state index in [0.29, 0.717) is 6.42 Å². The standard InChI is InChI=1S/C9H12FN3O/c1-2-7(8(11)14)13-9-6(10)4-3-5-12-9/h3-5,7H,2H2,1H3,(H2,11,14)(H,12,13). The van der Waals surface area contributed by atoms with Crippen LogP contribution < -0.4 is 11.1 Å². The molecule has 0 bridgehead atoms. The van der Waals surface area contributed by atoms with Crippen LogP contribution in [0, 0.1) is 5.82 Å². The second-order valence-electron chi connectivity index (χ2n) is 2.84. The molecule has 1 amide bonds. The number of rotatable bonds is 4. The summed E-state index contributed by atoms with van der Waals surface area (Å²) in [4.78, 5) is 14.6. The van der Waals surface area contributed by atoms with Crippen LogP contribution in [0.15, 0.2) is 18.3 Å². The Hall–Kier alpha value is -1.65. The molecule has 1 unspecified atom stereocenters. The van der Waals surface area contributed by atoms with Crippen LogP contribution in [0.25, 0.3) is 0 Å². The van der Waals surface area contributed by atoms with E-state index in [0.717, 1.165) is 0 Å². The quantitative estimate of drug-likeness (QED) is 0.753. The van der Waals surface area contributed by atoms with E-state index < -0.39 is 17.8 Å². The topological polar surface area (TPSA) is 68.0 Å². The van der Waals surface area contributed by atoms with Gasteiger partial charge in [0.15, 0.2) is 11.6 Å². The van der Waals surface area contributed by atoms with Crippen molar-refractivity contribution in [2.45, 2.75) is 19.4 Å². The van der Waals surface area contributed by atoms with E-state index in [1.165, 1.54) is 18.3 Å². The van der Waals surface area contributed by atoms with Crippen molar-refractivity contribution in [1.29, 1.82) is 0 Å². The lowest BCUT2D eigenvalue weighted by molar-refractivity contribution is -0.118. The molecule has 1 heterocycles. The number of anilines is 1. The summed E-state index contributed by atoms with van der Waals surface area (Å²) in [5.74, 6) is -0.956. The Morgan fingerprint density at radius 2 is 2.50 bits per heavy atom. The molecule has 0 aliphatic rings. The highest BCUT2D eigenvalue weighted by molar-refractivity contribution is 5.82. The molecular weight excluding hydrogens is 185 g/mol. The van der Waals surface area contributed by atoms with Gasteiger partial charge in [-0.1, -0.05) is 6.92 Å². The number of nitrogens with zero attached hydrogens (tertiary/aromatic N) is 1. The Bertz CT molecular complexity index is 330. The number of nitrogens with two attached hydrogens (primary N) is 1. The van der Waals surface area contributed by atoms with Gasteiger partial charge in [-0.3, -0.25) is 4.79 Å². The number of carbonyl (C=O) groups excluding carboxylic acids is 1. The number of hydrogen-bond donors (Lipinski definition) is 2. The molecule has 0 fully saturated rings. The molecule has 5 heteroatoms. The fourth-order valence-electron chi connectivity index (χ4n) is 1.03. The molecule has 0 radical (unpaired) electrons. The summed E-state index contributed by atoms with van der Waals surface area (Å²) < 4.78 is 13.1. The molecule has 0 saturated heterocycles. The SMILES string of the molecule is CCC(Nc1ncccc1F)C(N)=O. The summed E-state index contributed by atoms with van der Waals surface area (Å²) >= 11 is 0. The van der Waals surface area contributed by atoms with Gasteiger partial charge in [0.2, 0.25) is 5.91 Å². The molecule has 0 aromatic carbocycles. The highest BCUT2D eigenvalue weighted by Gasteiger charge is 2.14. The minimum absolute atomic E-state index is 0.0538. The zero-order chi connectivity index (χ0) is 10.6. The molecule has 14 heavy (non-hydrogen) atoms. The van der Waals surface area contributed by atoms with Gasteiger partial charge >= 0.3 is 0 Å². The first-order chi connectivity index (χ1) is 6.65. The van der Waals surface area contributed by atoms with Crippen molar-refractivity contribution >= 4 is 11.7 Å². The van der Waals surface area contributed by atoms with Crippen molar-refractivity contribution in [3.8, 4) is 0 Å². The average molecular weight is 197 g/mol. The van der Waals surface area contributed by atoms with Crippen molar-refractivity contribution in [3.63, 3.8) is 0 Å². The molecular formula is C9H12FN3O. The third-order valence-corrected chi connectivity index (χ3v) is 1.82. The zero-order valence-electron chi connectivity index (χ0n) is 7.83. The molecule has 76 valence electrons. The van der Waals surface area contributed by atoms with Gasteiger partial charge in [0.25, 0.3) is 0 Å². The van der Waals surface area contributed by atoms with Crippen LogP contribution in [0.1, 0.15) is 13.3 Å². The number of amides is 1. The maximum atomic E-state index is 13.1. The maximum absolute atomic E-state index is 13.1. The van der Waals surface area contributed by atoms with E-state index >= 15 is 0 Å². The number of primary amides is 1. The van der Waals surface area contributed by atoms with Crippen molar-refractivity contribution in [1.82, 2.24) is 4.98 Å². The van der Waals surface area contributed by atoms with E-state index in [1.54, 1.807) is 6.92 Å². The normalized spacial score (nSPS) is 12.1. The van der Waals surface area contributed by atoms with E-state index in [2.05, 4.69) is 10.3 Å². The Kier molecular flexibility index (Phi) is 3.39. The second-order valence-corrected chi connectivity index (χ2v) is 2.84. The van der Waals surface area contributed by atoms with Crippen LogP contribution in [0.5, 0.6) is 0 Å². The molecule has 0 spiro atoms. The van der Waals surface area contributed by atoms with Gasteiger partial charge in [-0.25, -0.2) is 9.37 Å². The fourth-order valence-corrected chi connectivity index (χ4v) is 1.03. The monoisotopic (exact) mass is 197 g/mol. The second kappa shape index (κ2) is 4.55. The highest BCUT2D eigenvalue weighted by atomic mass is 19.1. The van der Waals surface area contributed by atoms with Crippen LogP contribution in [-0.2, 0) is 4.79 Å². The average Bonchev–Trinajstić information content (AvgIpc) is 2.16. The van der Waals surface area contributed by atoms with Crippen LogP contribution in [-0.4, -0.2) is 16.9 Å². The third kappa shape index (κ3) is 2.42. The lowest BCUT2D eigenvalue weighted by Gasteiger charge is -2.13. The third-order valence-electron chi connectivity index (χ3n) is 1.82. The Balaban J connectivity index is 2.77. The highest BCUT2D eigenvalue weighted by Crippen LogP contribution is 2.10. The first-order valence-corrected chi connectivity index (χ1v) is 4.31. The number of pyridine rings is 1. The van der Waals surface area contributed by atoms with Crippen molar-refractivity contribution in [2.24, 2.45) is 5.73 Å². The van der Waals surface area contributed by atoms with Crippen LogP contribution in [0.3, 0.4) is 0 Å². The van der Waals surface area contributed by atoms with Crippen LogP contribution in [0.4, 0.5) is 10.2 Å². The summed E-state index contributed by atoms with van der Waals surface area (Å²) in [6.45, 7) is 1.78. The maximum Gasteiger partial charge on any atom is 0.239 e. The van der Waals surface area contributed by atoms with E-state index in [9.17, 15) is 9.18 Å². The Morgan fingerprint density at radius 1 is 1.79 bits per heavy atom. The summed E-state index contributed by atoms with van der Waals surface area (Å²) in [7, 11) is 0. The number of carbonyl (C=O) groups is 1. The molecule has 0 saturated carbocycles. The zero-order valence-corrected chi connectivity index (χ0v) is 7.83. The fraction of sp³-hybridized carbons (Fsp3) is 0.333. The summed E-state index contributed by atoms with van der Waals surface area (Å²) in [6.07, 6.45) is 1.93. The molecule has 0 aliphatic carbocycles. The minimum atomic E-state index is -0.584. The molecule has 1 aromatic rings. The lowest BCUT2D eigenvalue weighted by atomic mass is 10.2. The molecule has 3 N–H and O–H groups in total. The summed E-state index contributed by atoms with van der Waals surface area (Å²) in [5.41, 5.74) is 5.09. The van der Waals surface area contributed by atoms with Gasteiger partial charge in [0.05, 0.1) is 0 Å². The predicted octanol–water partition coefficient (Wildman–Crippen LogP) is 0.897. The predicted molar refractivity (Wildman–Crippen MR) is 51.1 cm³/mol. The van der Waals surface area contributed by atoms with Gasteiger partial charge in [0, 0.05) is 6.20 Å². The van der Waals surface area contributed by atoms with Crippen LogP contribution in [0.2, 0.25) is 0 Å². The number of halogens is 1. The van der Waals surface area contributed by atoms with Gasteiger partial charge in [-0.15, -0.1) is 0 Å². The summed E-state index contributed by atoms with van der Waals surface area (Å²) in [6, 6.07) is 2.16. The lowest BCUT2D eigenvalue weighted by Crippen LogP contribution is -2.35. The van der Waals surface area contributed by atoms with Crippen molar-refractivity contribution in [3.05, 3.63) is 24.1 Å². The number of nitrogens with one attached hydrogen (secondary N) is 1. The van der Waals surface area contributed by atoms with Gasteiger partial charge < -0.3 is 11.1 Å². The van der Waals surface area contributed by atoms with Gasteiger partial charge in [-0.2, -0.15) is 0 Å². The molecule has 1 rings (SSSR count). The minimum Gasteiger partial charge on any atom is -0.368 e. The van der Waals surface area contributed by atoms with E-state index in [4.69, 9.17) is 5.73 Å². The Labute approximate surface area is 81.3 Å². The first kappa shape index (κ1) is 10.4. The van der Waals surface area contributed by atoms with Gasteiger partial charge in [0.1, 0.15) is 6.04 Å². The number of aromatic nitrogens is 1.